The fraction of sp³-hybridized carbons (Fsp3) is 0.500. The lowest BCUT2D eigenvalue weighted by Gasteiger charge is -2.36. The summed E-state index contributed by atoms with van der Waals surface area (Å²) in [4.78, 5) is 2.26. The molecule has 1 unspecified atom stereocenters. The van der Waals surface area contributed by atoms with Gasteiger partial charge in [0.05, 0.1) is 5.02 Å². The fourth-order valence-electron chi connectivity index (χ4n) is 2.10. The summed E-state index contributed by atoms with van der Waals surface area (Å²) in [6.07, 6.45) is 0. The quantitative estimate of drug-likeness (QED) is 0.835. The Labute approximate surface area is 119 Å². The van der Waals surface area contributed by atoms with Crippen molar-refractivity contribution in [3.63, 3.8) is 0 Å². The van der Waals surface area contributed by atoms with Gasteiger partial charge in [-0.3, -0.25) is 0 Å². The average Bonchev–Trinajstić information content (AvgIpc) is 2.32. The fourth-order valence-corrected chi connectivity index (χ4v) is 4.14. The number of nitrogens with two attached hydrogens (primary N) is 1. The Morgan fingerprint density at radius 3 is 2.63 bits per heavy atom. The maximum absolute atomic E-state index is 12.6. The van der Waals surface area contributed by atoms with Crippen molar-refractivity contribution in [1.29, 1.82) is 0 Å². The van der Waals surface area contributed by atoms with Crippen LogP contribution in [0.5, 0.6) is 0 Å². The zero-order valence-electron chi connectivity index (χ0n) is 11.0. The number of nitrogens with zero attached hydrogens (tertiary/aromatic N) is 2. The molecule has 1 aliphatic rings. The molecule has 5 nitrogen and oxygen atoms in total. The first-order valence-electron chi connectivity index (χ1n) is 6.08. The predicted molar refractivity (Wildman–Crippen MR) is 76.7 cm³/mol. The molecule has 106 valence electrons. The largest absolute Gasteiger partial charge is 0.399 e. The van der Waals surface area contributed by atoms with E-state index < -0.39 is 10.0 Å². The van der Waals surface area contributed by atoms with Crippen LogP contribution in [0.2, 0.25) is 5.02 Å². The van der Waals surface area contributed by atoms with E-state index in [1.165, 1.54) is 16.4 Å². The molecule has 1 heterocycles. The van der Waals surface area contributed by atoms with E-state index in [4.69, 9.17) is 17.3 Å². The Morgan fingerprint density at radius 1 is 1.37 bits per heavy atom. The first-order valence-corrected chi connectivity index (χ1v) is 7.89. The molecule has 0 spiro atoms. The van der Waals surface area contributed by atoms with Gasteiger partial charge in [-0.25, -0.2) is 8.42 Å². The van der Waals surface area contributed by atoms with Crippen LogP contribution in [0.3, 0.4) is 0 Å². The molecule has 2 rings (SSSR count). The van der Waals surface area contributed by atoms with Crippen molar-refractivity contribution in [3.05, 3.63) is 23.2 Å². The standard InChI is InChI=1S/C12H18ClN3O2S/c1-9-8-16(6-5-15(9)2)19(17,18)12-4-3-10(14)7-11(12)13/h3-4,7,9H,5-6,8,14H2,1-2H3. The van der Waals surface area contributed by atoms with Gasteiger partial charge in [0, 0.05) is 31.4 Å². The van der Waals surface area contributed by atoms with Crippen LogP contribution >= 0.6 is 11.6 Å². The summed E-state index contributed by atoms with van der Waals surface area (Å²) in [5, 5.41) is 0.173. The number of nitrogen functional groups attached to an aromatic ring is 1. The lowest BCUT2D eigenvalue weighted by atomic mass is 10.2. The number of hydrogen-bond acceptors (Lipinski definition) is 4. The van der Waals surface area contributed by atoms with Gasteiger partial charge in [-0.05, 0) is 32.2 Å². The van der Waals surface area contributed by atoms with Crippen molar-refractivity contribution in [2.45, 2.75) is 17.9 Å². The van der Waals surface area contributed by atoms with E-state index in [2.05, 4.69) is 4.90 Å². The second kappa shape index (κ2) is 5.28. The van der Waals surface area contributed by atoms with E-state index >= 15 is 0 Å². The smallest absolute Gasteiger partial charge is 0.244 e. The minimum Gasteiger partial charge on any atom is -0.399 e. The van der Waals surface area contributed by atoms with Crippen LogP contribution in [0.1, 0.15) is 6.92 Å². The summed E-state index contributed by atoms with van der Waals surface area (Å²) < 4.78 is 26.6. The van der Waals surface area contributed by atoms with Gasteiger partial charge >= 0.3 is 0 Å². The van der Waals surface area contributed by atoms with Gasteiger partial charge in [-0.2, -0.15) is 4.31 Å². The third-order valence-electron chi connectivity index (χ3n) is 3.50. The zero-order chi connectivity index (χ0) is 14.2. The molecule has 0 aromatic heterocycles. The number of anilines is 1. The summed E-state index contributed by atoms with van der Waals surface area (Å²) in [6, 6.07) is 4.68. The Morgan fingerprint density at radius 2 is 2.05 bits per heavy atom. The molecule has 2 N–H and O–H groups in total. The highest BCUT2D eigenvalue weighted by Crippen LogP contribution is 2.27. The van der Waals surface area contributed by atoms with Crippen molar-refractivity contribution in [1.82, 2.24) is 9.21 Å². The molecule has 1 aromatic carbocycles. The lowest BCUT2D eigenvalue weighted by molar-refractivity contribution is 0.159. The molecule has 1 atom stereocenters. The molecule has 0 saturated carbocycles. The molecule has 1 aromatic rings. The highest BCUT2D eigenvalue weighted by molar-refractivity contribution is 7.89. The molecule has 0 bridgehead atoms. The number of piperazine rings is 1. The number of hydrogen-bond donors (Lipinski definition) is 1. The Balaban J connectivity index is 2.32. The summed E-state index contributed by atoms with van der Waals surface area (Å²) in [6.45, 7) is 3.67. The molecule has 1 fully saturated rings. The lowest BCUT2D eigenvalue weighted by Crippen LogP contribution is -2.51. The Hall–Kier alpha value is -0.820. The Bertz CT molecular complexity index is 576. The molecule has 0 aliphatic carbocycles. The van der Waals surface area contributed by atoms with E-state index in [9.17, 15) is 8.42 Å². The summed E-state index contributed by atoms with van der Waals surface area (Å²) in [5.74, 6) is 0. The number of likely N-dealkylation sites (N-methyl/N-ethyl adjacent to an activating group) is 1. The number of sulfonamides is 1. The topological polar surface area (TPSA) is 66.6 Å². The van der Waals surface area contributed by atoms with Crippen LogP contribution in [0, 0.1) is 0 Å². The van der Waals surface area contributed by atoms with Crippen LogP contribution in [0.4, 0.5) is 5.69 Å². The van der Waals surface area contributed by atoms with Gasteiger partial charge in [-0.15, -0.1) is 0 Å². The SMILES string of the molecule is CC1CN(S(=O)(=O)c2ccc(N)cc2Cl)CCN1C. The van der Waals surface area contributed by atoms with E-state index in [0.29, 0.717) is 25.3 Å². The number of benzene rings is 1. The zero-order valence-corrected chi connectivity index (χ0v) is 12.6. The maximum Gasteiger partial charge on any atom is 0.244 e. The first kappa shape index (κ1) is 14.6. The summed E-state index contributed by atoms with van der Waals surface area (Å²) in [5.41, 5.74) is 6.04. The minimum atomic E-state index is -3.55. The average molecular weight is 304 g/mol. The molecule has 0 amide bonds. The van der Waals surface area contributed by atoms with Gasteiger partial charge in [-0.1, -0.05) is 11.6 Å². The normalized spacial score (nSPS) is 22.6. The highest BCUT2D eigenvalue weighted by atomic mass is 35.5. The molecule has 1 saturated heterocycles. The van der Waals surface area contributed by atoms with Gasteiger partial charge < -0.3 is 10.6 Å². The third kappa shape index (κ3) is 2.86. The van der Waals surface area contributed by atoms with Gasteiger partial charge in [0.15, 0.2) is 0 Å². The van der Waals surface area contributed by atoms with E-state index in [0.717, 1.165) is 0 Å². The molecule has 1 aliphatic heterocycles. The van der Waals surface area contributed by atoms with Crippen molar-refractivity contribution < 1.29 is 8.42 Å². The summed E-state index contributed by atoms with van der Waals surface area (Å²) >= 11 is 6.00. The molecular formula is C12H18ClN3O2S. The highest BCUT2D eigenvalue weighted by Gasteiger charge is 2.32. The summed E-state index contributed by atoms with van der Waals surface area (Å²) in [7, 11) is -1.56. The van der Waals surface area contributed by atoms with Crippen LogP contribution in [-0.4, -0.2) is 50.3 Å². The van der Waals surface area contributed by atoms with Crippen molar-refractivity contribution >= 4 is 27.3 Å². The van der Waals surface area contributed by atoms with Gasteiger partial charge in [0.2, 0.25) is 10.0 Å². The number of halogens is 1. The monoisotopic (exact) mass is 303 g/mol. The van der Waals surface area contributed by atoms with Crippen molar-refractivity contribution in [3.8, 4) is 0 Å². The van der Waals surface area contributed by atoms with E-state index in [1.54, 1.807) is 6.07 Å². The second-order valence-corrected chi connectivity index (χ2v) is 7.20. The minimum absolute atomic E-state index is 0.125. The van der Waals surface area contributed by atoms with Crippen LogP contribution in [0.25, 0.3) is 0 Å². The van der Waals surface area contributed by atoms with Crippen LogP contribution < -0.4 is 5.73 Å². The third-order valence-corrected chi connectivity index (χ3v) is 5.84. The van der Waals surface area contributed by atoms with Gasteiger partial charge in [0.1, 0.15) is 4.90 Å². The van der Waals surface area contributed by atoms with Crippen LogP contribution in [0.15, 0.2) is 23.1 Å². The van der Waals surface area contributed by atoms with E-state index in [-0.39, 0.29) is 16.0 Å². The molecule has 19 heavy (non-hydrogen) atoms. The van der Waals surface area contributed by atoms with E-state index in [1.807, 2.05) is 14.0 Å². The van der Waals surface area contributed by atoms with Crippen molar-refractivity contribution in [2.75, 3.05) is 32.4 Å². The Kier molecular flexibility index (Phi) is 4.06. The first-order chi connectivity index (χ1) is 8.82. The molecular weight excluding hydrogens is 286 g/mol. The van der Waals surface area contributed by atoms with Crippen LogP contribution in [-0.2, 0) is 10.0 Å². The molecule has 0 radical (unpaired) electrons. The maximum atomic E-state index is 12.6. The van der Waals surface area contributed by atoms with Gasteiger partial charge in [0.25, 0.3) is 0 Å². The second-order valence-electron chi connectivity index (χ2n) is 4.88. The van der Waals surface area contributed by atoms with Crippen molar-refractivity contribution in [2.24, 2.45) is 0 Å². The molecule has 7 heteroatoms. The predicted octanol–water partition coefficient (Wildman–Crippen LogP) is 1.25. The number of rotatable bonds is 2.